The summed E-state index contributed by atoms with van der Waals surface area (Å²) in [6, 6.07) is 6.19. The molecule has 0 bridgehead atoms. The average molecular weight is 456 g/mol. The van der Waals surface area contributed by atoms with Gasteiger partial charge in [-0.25, -0.2) is 14.2 Å². The van der Waals surface area contributed by atoms with Crippen molar-refractivity contribution in [1.82, 2.24) is 10.3 Å². The first-order valence-electron chi connectivity index (χ1n) is 8.90. The molecule has 12 heteroatoms. The van der Waals surface area contributed by atoms with Crippen molar-refractivity contribution in [2.24, 2.45) is 0 Å². The summed E-state index contributed by atoms with van der Waals surface area (Å²) in [6.45, 7) is 1.50. The predicted molar refractivity (Wildman–Crippen MR) is 108 cm³/mol. The Morgan fingerprint density at radius 2 is 1.84 bits per heavy atom. The number of nitrogens with one attached hydrogen (secondary N) is 3. The SMILES string of the molecule is CCNC(=O)C(c1cc(O)c2nc(NC(=O)Nc3ccc(F)cc3)sc2c1)C(F)(F)F. The fourth-order valence-corrected chi connectivity index (χ4v) is 3.74. The molecule has 2 aromatic carbocycles. The number of rotatable bonds is 5. The lowest BCUT2D eigenvalue weighted by Gasteiger charge is -2.20. The van der Waals surface area contributed by atoms with Crippen molar-refractivity contribution in [1.29, 1.82) is 0 Å². The smallest absolute Gasteiger partial charge is 0.404 e. The second-order valence-electron chi connectivity index (χ2n) is 6.36. The third kappa shape index (κ3) is 5.20. The summed E-state index contributed by atoms with van der Waals surface area (Å²) in [6.07, 6.45) is -4.87. The van der Waals surface area contributed by atoms with Gasteiger partial charge in [-0.15, -0.1) is 0 Å². The van der Waals surface area contributed by atoms with E-state index in [0.29, 0.717) is 5.69 Å². The van der Waals surface area contributed by atoms with Crippen LogP contribution >= 0.6 is 11.3 Å². The summed E-state index contributed by atoms with van der Waals surface area (Å²) < 4.78 is 53.5. The van der Waals surface area contributed by atoms with E-state index in [2.05, 4.69) is 20.9 Å². The number of aromatic hydroxyl groups is 1. The third-order valence-corrected chi connectivity index (χ3v) is 5.01. The molecule has 4 N–H and O–H groups in total. The van der Waals surface area contributed by atoms with E-state index in [4.69, 9.17) is 0 Å². The maximum Gasteiger partial charge on any atom is 0.404 e. The fourth-order valence-electron chi connectivity index (χ4n) is 2.81. The number of benzene rings is 2. The second-order valence-corrected chi connectivity index (χ2v) is 7.39. The first-order chi connectivity index (χ1) is 14.6. The number of urea groups is 1. The molecule has 1 aromatic heterocycles. The summed E-state index contributed by atoms with van der Waals surface area (Å²) in [5, 5.41) is 17.1. The Bertz CT molecular complexity index is 1120. The number of alkyl halides is 3. The van der Waals surface area contributed by atoms with Gasteiger partial charge in [-0.3, -0.25) is 10.1 Å². The normalized spacial score (nSPS) is 12.4. The van der Waals surface area contributed by atoms with Crippen molar-refractivity contribution in [3.63, 3.8) is 0 Å². The van der Waals surface area contributed by atoms with Gasteiger partial charge in [0.1, 0.15) is 17.1 Å². The quantitative estimate of drug-likeness (QED) is 0.423. The monoisotopic (exact) mass is 456 g/mol. The number of phenols is 1. The van der Waals surface area contributed by atoms with Crippen LogP contribution in [0.3, 0.4) is 0 Å². The number of anilines is 2. The molecule has 3 rings (SSSR count). The standard InChI is InChI=1S/C19H16F4N4O3S/c1-2-24-16(29)14(19(21,22)23)9-7-12(28)15-13(8-9)31-18(26-15)27-17(30)25-11-5-3-10(20)4-6-11/h3-8,14,28H,2H2,1H3,(H,24,29)(H2,25,26,27,30). The van der Waals surface area contributed by atoms with Crippen LogP contribution in [0, 0.1) is 5.82 Å². The number of hydrogen-bond acceptors (Lipinski definition) is 5. The summed E-state index contributed by atoms with van der Waals surface area (Å²) in [5.74, 6) is -4.75. The van der Waals surface area contributed by atoms with Crippen molar-refractivity contribution in [3.05, 3.63) is 47.8 Å². The van der Waals surface area contributed by atoms with Crippen LogP contribution in [0.25, 0.3) is 10.2 Å². The van der Waals surface area contributed by atoms with Gasteiger partial charge in [-0.2, -0.15) is 13.2 Å². The lowest BCUT2D eigenvalue weighted by atomic mass is 9.97. The van der Waals surface area contributed by atoms with Gasteiger partial charge in [0.15, 0.2) is 11.0 Å². The summed E-state index contributed by atoms with van der Waals surface area (Å²) in [5.41, 5.74) is -0.169. The summed E-state index contributed by atoms with van der Waals surface area (Å²) >= 11 is 0.818. The molecule has 3 amide bonds. The fraction of sp³-hybridized carbons (Fsp3) is 0.211. The molecule has 1 atom stereocenters. The van der Waals surface area contributed by atoms with E-state index in [1.165, 1.54) is 19.1 Å². The number of hydrogen-bond donors (Lipinski definition) is 4. The lowest BCUT2D eigenvalue weighted by molar-refractivity contribution is -0.164. The van der Waals surface area contributed by atoms with E-state index in [9.17, 15) is 32.3 Å². The van der Waals surface area contributed by atoms with E-state index >= 15 is 0 Å². The van der Waals surface area contributed by atoms with Crippen LogP contribution < -0.4 is 16.0 Å². The summed E-state index contributed by atoms with van der Waals surface area (Å²) in [7, 11) is 0. The zero-order valence-electron chi connectivity index (χ0n) is 15.9. The zero-order valence-corrected chi connectivity index (χ0v) is 16.7. The Morgan fingerprint density at radius 3 is 2.45 bits per heavy atom. The molecule has 0 spiro atoms. The minimum atomic E-state index is -4.87. The topological polar surface area (TPSA) is 103 Å². The third-order valence-electron chi connectivity index (χ3n) is 4.09. The van der Waals surface area contributed by atoms with Crippen molar-refractivity contribution >= 4 is 44.3 Å². The van der Waals surface area contributed by atoms with Crippen molar-refractivity contribution in [3.8, 4) is 5.75 Å². The van der Waals surface area contributed by atoms with Crippen LogP contribution in [0.4, 0.5) is 33.2 Å². The molecule has 0 saturated heterocycles. The first kappa shape index (κ1) is 22.3. The van der Waals surface area contributed by atoms with E-state index in [1.807, 2.05) is 0 Å². The Hall–Kier alpha value is -3.41. The molecule has 0 radical (unpaired) electrons. The van der Waals surface area contributed by atoms with Crippen LogP contribution in [0.15, 0.2) is 36.4 Å². The molecule has 31 heavy (non-hydrogen) atoms. The molecule has 0 saturated carbocycles. The van der Waals surface area contributed by atoms with Gasteiger partial charge in [0.2, 0.25) is 5.91 Å². The van der Waals surface area contributed by atoms with Gasteiger partial charge in [0.25, 0.3) is 0 Å². The van der Waals surface area contributed by atoms with Gasteiger partial charge in [-0.1, -0.05) is 11.3 Å². The van der Waals surface area contributed by atoms with Gasteiger partial charge < -0.3 is 15.7 Å². The summed E-state index contributed by atoms with van der Waals surface area (Å²) in [4.78, 5) is 28.1. The van der Waals surface area contributed by atoms with Crippen molar-refractivity contribution < 1.29 is 32.3 Å². The van der Waals surface area contributed by atoms with Gasteiger partial charge in [0, 0.05) is 12.2 Å². The average Bonchev–Trinajstić information content (AvgIpc) is 3.05. The van der Waals surface area contributed by atoms with Crippen molar-refractivity contribution in [2.45, 2.75) is 19.0 Å². The molecule has 3 aromatic rings. The molecule has 1 unspecified atom stereocenters. The molecule has 164 valence electrons. The van der Waals surface area contributed by atoms with Gasteiger partial charge in [-0.05, 0) is 48.9 Å². The number of phenolic OH excluding ortho intramolecular Hbond substituents is 1. The Morgan fingerprint density at radius 1 is 1.16 bits per heavy atom. The largest absolute Gasteiger partial charge is 0.506 e. The van der Waals surface area contributed by atoms with Crippen LogP contribution in [0.5, 0.6) is 5.75 Å². The van der Waals surface area contributed by atoms with Crippen LogP contribution in [-0.2, 0) is 4.79 Å². The van der Waals surface area contributed by atoms with Gasteiger partial charge in [0.05, 0.1) is 4.70 Å². The van der Waals surface area contributed by atoms with E-state index in [0.717, 1.165) is 35.6 Å². The molecule has 1 heterocycles. The number of thiazole rings is 1. The molecule has 0 aliphatic heterocycles. The maximum atomic E-state index is 13.5. The molecule has 7 nitrogen and oxygen atoms in total. The minimum absolute atomic E-state index is 0.00336. The van der Waals surface area contributed by atoms with E-state index < -0.39 is 41.2 Å². The van der Waals surface area contributed by atoms with E-state index in [-0.39, 0.29) is 21.9 Å². The second kappa shape index (κ2) is 8.76. The number of fused-ring (bicyclic) bond motifs is 1. The highest BCUT2D eigenvalue weighted by Gasteiger charge is 2.46. The van der Waals surface area contributed by atoms with Gasteiger partial charge >= 0.3 is 12.2 Å². The van der Waals surface area contributed by atoms with Crippen LogP contribution in [0.2, 0.25) is 0 Å². The number of aromatic nitrogens is 1. The molecular weight excluding hydrogens is 440 g/mol. The number of amides is 3. The highest BCUT2D eigenvalue weighted by molar-refractivity contribution is 7.22. The Labute approximate surface area is 177 Å². The predicted octanol–water partition coefficient (Wildman–Crippen LogP) is 4.57. The van der Waals surface area contributed by atoms with Crippen LogP contribution in [0.1, 0.15) is 18.4 Å². The van der Waals surface area contributed by atoms with E-state index in [1.54, 1.807) is 0 Å². The maximum absolute atomic E-state index is 13.5. The Balaban J connectivity index is 1.86. The lowest BCUT2D eigenvalue weighted by Crippen LogP contribution is -2.37. The minimum Gasteiger partial charge on any atom is -0.506 e. The van der Waals surface area contributed by atoms with Crippen LogP contribution in [-0.4, -0.2) is 34.7 Å². The number of likely N-dealkylation sites (N-methyl/N-ethyl adjacent to an activating group) is 1. The number of carbonyl (C=O) groups is 2. The Kier molecular flexibility index (Phi) is 6.29. The van der Waals surface area contributed by atoms with Crippen molar-refractivity contribution in [2.75, 3.05) is 17.2 Å². The molecule has 0 aliphatic rings. The first-order valence-corrected chi connectivity index (χ1v) is 9.71. The molecule has 0 fully saturated rings. The molecular formula is C19H16F4N4O3S. The number of nitrogens with zero attached hydrogens (tertiary/aromatic N) is 1. The highest BCUT2D eigenvalue weighted by Crippen LogP contribution is 2.40. The molecule has 0 aliphatic carbocycles. The number of carbonyl (C=O) groups excluding carboxylic acids is 2. The number of halogens is 4. The highest BCUT2D eigenvalue weighted by atomic mass is 32.1. The zero-order chi connectivity index (χ0) is 22.8.